The summed E-state index contributed by atoms with van der Waals surface area (Å²) in [7, 11) is -3.11. The van der Waals surface area contributed by atoms with E-state index >= 15 is 0 Å². The Bertz CT molecular complexity index is 545. The van der Waals surface area contributed by atoms with Gasteiger partial charge in [0.05, 0.1) is 5.75 Å². The highest BCUT2D eigenvalue weighted by molar-refractivity contribution is 7.89. The van der Waals surface area contributed by atoms with Crippen LogP contribution in [0.5, 0.6) is 0 Å². The third-order valence-electron chi connectivity index (χ3n) is 4.47. The number of piperazine rings is 1. The van der Waals surface area contributed by atoms with E-state index in [1.54, 1.807) is 15.6 Å². The van der Waals surface area contributed by atoms with Crippen molar-refractivity contribution in [1.29, 1.82) is 0 Å². The van der Waals surface area contributed by atoms with Crippen molar-refractivity contribution >= 4 is 21.4 Å². The maximum absolute atomic E-state index is 12.5. The Hall–Kier alpha value is -0.470. The Morgan fingerprint density at radius 3 is 2.55 bits per heavy atom. The standard InChI is InChI=1S/C15H24N2O3S2/c18-22(19,13-14-3-9-20-10-4-14)17-7-5-16(6-8-17)12-15-2-1-11-21-15/h1-2,11,14H,3-10,12-13H2. The van der Waals surface area contributed by atoms with E-state index in [0.717, 1.165) is 32.5 Å². The zero-order chi connectivity index (χ0) is 15.4. The highest BCUT2D eigenvalue weighted by Crippen LogP contribution is 2.20. The van der Waals surface area contributed by atoms with Gasteiger partial charge in [-0.1, -0.05) is 6.07 Å². The molecule has 1 aromatic heterocycles. The fraction of sp³-hybridized carbons (Fsp3) is 0.733. The van der Waals surface area contributed by atoms with Gasteiger partial charge in [-0.3, -0.25) is 4.90 Å². The van der Waals surface area contributed by atoms with Crippen molar-refractivity contribution in [2.45, 2.75) is 19.4 Å². The summed E-state index contributed by atoms with van der Waals surface area (Å²) in [5, 5.41) is 2.09. The minimum Gasteiger partial charge on any atom is -0.381 e. The zero-order valence-electron chi connectivity index (χ0n) is 12.8. The molecule has 2 fully saturated rings. The van der Waals surface area contributed by atoms with E-state index in [4.69, 9.17) is 4.74 Å². The molecule has 0 amide bonds. The van der Waals surface area contributed by atoms with E-state index in [1.165, 1.54) is 4.88 Å². The Morgan fingerprint density at radius 2 is 1.91 bits per heavy atom. The van der Waals surface area contributed by atoms with Gasteiger partial charge in [0.15, 0.2) is 0 Å². The lowest BCUT2D eigenvalue weighted by atomic mass is 10.0. The van der Waals surface area contributed by atoms with Crippen LogP contribution in [0.3, 0.4) is 0 Å². The van der Waals surface area contributed by atoms with Gasteiger partial charge in [0.2, 0.25) is 10.0 Å². The van der Waals surface area contributed by atoms with Crippen LogP contribution in [0, 0.1) is 5.92 Å². The molecule has 0 atom stereocenters. The van der Waals surface area contributed by atoms with Crippen molar-refractivity contribution in [1.82, 2.24) is 9.21 Å². The quantitative estimate of drug-likeness (QED) is 0.814. The molecule has 2 saturated heterocycles. The molecule has 0 radical (unpaired) electrons. The Balaban J connectivity index is 1.49. The van der Waals surface area contributed by atoms with Gasteiger partial charge < -0.3 is 4.74 Å². The first kappa shape index (κ1) is 16.4. The fourth-order valence-corrected chi connectivity index (χ4v) is 5.71. The number of nitrogens with zero attached hydrogens (tertiary/aromatic N) is 2. The van der Waals surface area contributed by atoms with Gasteiger partial charge in [0, 0.05) is 50.8 Å². The third kappa shape index (κ3) is 4.29. The molecule has 124 valence electrons. The summed E-state index contributed by atoms with van der Waals surface area (Å²) >= 11 is 1.76. The van der Waals surface area contributed by atoms with Gasteiger partial charge in [-0.15, -0.1) is 11.3 Å². The van der Waals surface area contributed by atoms with Crippen LogP contribution in [-0.2, 0) is 21.3 Å². The van der Waals surface area contributed by atoms with E-state index < -0.39 is 10.0 Å². The lowest BCUT2D eigenvalue weighted by Crippen LogP contribution is -2.49. The molecule has 0 unspecified atom stereocenters. The first-order valence-corrected chi connectivity index (χ1v) is 10.4. The molecule has 5 nitrogen and oxygen atoms in total. The molecule has 22 heavy (non-hydrogen) atoms. The molecule has 2 aliphatic heterocycles. The van der Waals surface area contributed by atoms with Crippen molar-refractivity contribution in [3.63, 3.8) is 0 Å². The maximum atomic E-state index is 12.5. The van der Waals surface area contributed by atoms with Gasteiger partial charge in [-0.05, 0) is 30.2 Å². The predicted octanol–water partition coefficient (Wildman–Crippen LogP) is 1.62. The Kier molecular flexibility index (Phi) is 5.51. The van der Waals surface area contributed by atoms with Gasteiger partial charge in [0.25, 0.3) is 0 Å². The molecule has 0 bridgehead atoms. The molecule has 3 heterocycles. The Morgan fingerprint density at radius 1 is 1.18 bits per heavy atom. The lowest BCUT2D eigenvalue weighted by Gasteiger charge is -2.34. The molecule has 0 N–H and O–H groups in total. The Labute approximate surface area is 136 Å². The van der Waals surface area contributed by atoms with Crippen molar-refractivity contribution in [3.05, 3.63) is 22.4 Å². The first-order chi connectivity index (χ1) is 10.6. The summed E-state index contributed by atoms with van der Waals surface area (Å²) in [5.41, 5.74) is 0. The summed E-state index contributed by atoms with van der Waals surface area (Å²) in [6.45, 7) is 5.23. The van der Waals surface area contributed by atoms with Gasteiger partial charge in [-0.25, -0.2) is 8.42 Å². The number of hydrogen-bond donors (Lipinski definition) is 0. The van der Waals surface area contributed by atoms with Crippen molar-refractivity contribution in [2.24, 2.45) is 5.92 Å². The van der Waals surface area contributed by atoms with Crippen LogP contribution in [0.2, 0.25) is 0 Å². The molecule has 2 aliphatic rings. The van der Waals surface area contributed by atoms with Crippen LogP contribution >= 0.6 is 11.3 Å². The largest absolute Gasteiger partial charge is 0.381 e. The molecular weight excluding hydrogens is 320 g/mol. The highest BCUT2D eigenvalue weighted by atomic mass is 32.2. The predicted molar refractivity (Wildman–Crippen MR) is 88.5 cm³/mol. The maximum Gasteiger partial charge on any atom is 0.214 e. The van der Waals surface area contributed by atoms with E-state index in [2.05, 4.69) is 22.4 Å². The SMILES string of the molecule is O=S(=O)(CC1CCOCC1)N1CCN(Cc2cccs2)CC1. The monoisotopic (exact) mass is 344 g/mol. The number of ether oxygens (including phenoxy) is 1. The second-order valence-electron chi connectivity index (χ2n) is 6.09. The first-order valence-electron chi connectivity index (χ1n) is 7.94. The summed E-state index contributed by atoms with van der Waals surface area (Å²) in [5.74, 6) is 0.560. The molecule has 3 rings (SSSR count). The smallest absolute Gasteiger partial charge is 0.214 e. The summed E-state index contributed by atoms with van der Waals surface area (Å²) in [4.78, 5) is 3.69. The van der Waals surface area contributed by atoms with Crippen LogP contribution < -0.4 is 0 Å². The highest BCUT2D eigenvalue weighted by Gasteiger charge is 2.30. The minimum absolute atomic E-state index is 0.267. The molecule has 0 aliphatic carbocycles. The van der Waals surface area contributed by atoms with Crippen LogP contribution in [-0.4, -0.2) is 62.8 Å². The van der Waals surface area contributed by atoms with E-state index in [0.29, 0.717) is 32.1 Å². The number of thiophene rings is 1. The van der Waals surface area contributed by atoms with Gasteiger partial charge in [-0.2, -0.15) is 4.31 Å². The average molecular weight is 345 g/mol. The summed E-state index contributed by atoms with van der Waals surface area (Å²) in [6.07, 6.45) is 1.75. The van der Waals surface area contributed by atoms with Crippen molar-refractivity contribution in [3.8, 4) is 0 Å². The topological polar surface area (TPSA) is 49.9 Å². The van der Waals surface area contributed by atoms with Gasteiger partial charge >= 0.3 is 0 Å². The molecule has 1 aromatic rings. The van der Waals surface area contributed by atoms with E-state index in [-0.39, 0.29) is 5.92 Å². The average Bonchev–Trinajstić information content (AvgIpc) is 3.01. The van der Waals surface area contributed by atoms with E-state index in [1.807, 2.05) is 0 Å². The third-order valence-corrected chi connectivity index (χ3v) is 7.38. The molecule has 0 aromatic carbocycles. The van der Waals surface area contributed by atoms with Crippen LogP contribution in [0.1, 0.15) is 17.7 Å². The second kappa shape index (κ2) is 7.40. The number of hydrogen-bond acceptors (Lipinski definition) is 5. The van der Waals surface area contributed by atoms with E-state index in [9.17, 15) is 8.42 Å². The normalized spacial score (nSPS) is 22.9. The second-order valence-corrected chi connectivity index (χ2v) is 9.13. The van der Waals surface area contributed by atoms with Gasteiger partial charge in [0.1, 0.15) is 0 Å². The zero-order valence-corrected chi connectivity index (χ0v) is 14.4. The number of rotatable bonds is 5. The summed E-state index contributed by atoms with van der Waals surface area (Å²) in [6, 6.07) is 4.20. The fourth-order valence-electron chi connectivity index (χ4n) is 3.11. The lowest BCUT2D eigenvalue weighted by molar-refractivity contribution is 0.0718. The molecule has 0 spiro atoms. The molecule has 7 heteroatoms. The molecule has 0 saturated carbocycles. The molecular formula is C15H24N2O3S2. The van der Waals surface area contributed by atoms with Crippen molar-refractivity contribution in [2.75, 3.05) is 45.1 Å². The van der Waals surface area contributed by atoms with Crippen LogP contribution in [0.4, 0.5) is 0 Å². The number of sulfonamides is 1. The minimum atomic E-state index is -3.11. The van der Waals surface area contributed by atoms with Crippen LogP contribution in [0.15, 0.2) is 17.5 Å². The summed E-state index contributed by atoms with van der Waals surface area (Å²) < 4.78 is 32.1. The van der Waals surface area contributed by atoms with Crippen LogP contribution in [0.25, 0.3) is 0 Å². The van der Waals surface area contributed by atoms with Crippen molar-refractivity contribution < 1.29 is 13.2 Å².